The second-order valence-electron chi connectivity index (χ2n) is 5.23. The molecule has 0 radical (unpaired) electrons. The first-order chi connectivity index (χ1) is 7.82. The highest BCUT2D eigenvalue weighted by Gasteiger charge is 2.19. The minimum absolute atomic E-state index is 0.101. The first kappa shape index (κ1) is 13.8. The maximum absolute atomic E-state index is 5.76. The lowest BCUT2D eigenvalue weighted by Gasteiger charge is -2.29. The van der Waals surface area contributed by atoms with Crippen molar-refractivity contribution in [1.29, 1.82) is 0 Å². The number of ether oxygens (including phenoxy) is 1. The molecule has 0 amide bonds. The first-order valence-corrected chi connectivity index (χ1v) is 5.95. The van der Waals surface area contributed by atoms with Gasteiger partial charge in [0.05, 0.1) is 7.11 Å². The van der Waals surface area contributed by atoms with Gasteiger partial charge in [-0.3, -0.25) is 0 Å². The molecule has 0 aliphatic rings. The number of rotatable bonds is 4. The van der Waals surface area contributed by atoms with Crippen LogP contribution >= 0.6 is 0 Å². The Kier molecular flexibility index (Phi) is 4.04. The molecule has 0 aliphatic carbocycles. The van der Waals surface area contributed by atoms with Gasteiger partial charge in [0.25, 0.3) is 0 Å². The Balaban J connectivity index is 3.22. The van der Waals surface area contributed by atoms with Crippen molar-refractivity contribution in [3.8, 4) is 5.75 Å². The van der Waals surface area contributed by atoms with Crippen LogP contribution in [0.4, 0.5) is 5.69 Å². The van der Waals surface area contributed by atoms with E-state index in [0.29, 0.717) is 6.54 Å². The quantitative estimate of drug-likeness (QED) is 0.845. The van der Waals surface area contributed by atoms with Crippen LogP contribution in [-0.4, -0.2) is 19.2 Å². The third-order valence-electron chi connectivity index (χ3n) is 3.24. The summed E-state index contributed by atoms with van der Waals surface area (Å²) in [6, 6.07) is 2.07. The van der Waals surface area contributed by atoms with E-state index in [1.54, 1.807) is 7.11 Å². The van der Waals surface area contributed by atoms with Gasteiger partial charge in [-0.15, -0.1) is 0 Å². The second kappa shape index (κ2) is 4.96. The van der Waals surface area contributed by atoms with Crippen molar-refractivity contribution in [1.82, 2.24) is 0 Å². The summed E-state index contributed by atoms with van der Waals surface area (Å²) in [5, 5.41) is 3.52. The molecular weight excluding hydrogens is 212 g/mol. The van der Waals surface area contributed by atoms with E-state index in [2.05, 4.69) is 46.0 Å². The Bertz CT molecular complexity index is 411. The minimum atomic E-state index is -0.101. The highest BCUT2D eigenvalue weighted by Crippen LogP contribution is 2.32. The smallest absolute Gasteiger partial charge is 0.122 e. The number of nitrogens with one attached hydrogen (secondary N) is 1. The zero-order chi connectivity index (χ0) is 13.2. The fraction of sp³-hybridized carbons (Fsp3) is 0.571. The van der Waals surface area contributed by atoms with Gasteiger partial charge in [-0.1, -0.05) is 0 Å². The highest BCUT2D eigenvalue weighted by atomic mass is 16.5. The van der Waals surface area contributed by atoms with E-state index in [1.807, 2.05) is 0 Å². The van der Waals surface area contributed by atoms with E-state index < -0.39 is 0 Å². The minimum Gasteiger partial charge on any atom is -0.496 e. The number of nitrogens with two attached hydrogens (primary N) is 1. The molecule has 0 aliphatic heterocycles. The predicted molar refractivity (Wildman–Crippen MR) is 74.0 cm³/mol. The molecule has 0 aromatic heterocycles. The monoisotopic (exact) mass is 236 g/mol. The molecule has 1 aromatic carbocycles. The third kappa shape index (κ3) is 2.91. The molecule has 0 atom stereocenters. The Labute approximate surface area is 104 Å². The topological polar surface area (TPSA) is 47.3 Å². The SMILES string of the molecule is COc1cc(C)c(NC(C)(C)CN)c(C)c1C. The number of benzene rings is 1. The van der Waals surface area contributed by atoms with E-state index >= 15 is 0 Å². The summed E-state index contributed by atoms with van der Waals surface area (Å²) in [6.45, 7) is 11.1. The fourth-order valence-corrected chi connectivity index (χ4v) is 1.84. The summed E-state index contributed by atoms with van der Waals surface area (Å²) >= 11 is 0. The lowest BCUT2D eigenvalue weighted by molar-refractivity contribution is 0.411. The molecule has 0 unspecified atom stereocenters. The zero-order valence-electron chi connectivity index (χ0n) is 11.8. The molecule has 17 heavy (non-hydrogen) atoms. The van der Waals surface area contributed by atoms with E-state index in [1.165, 1.54) is 22.4 Å². The molecule has 0 saturated carbocycles. The van der Waals surface area contributed by atoms with Crippen molar-refractivity contribution in [2.24, 2.45) is 5.73 Å². The average molecular weight is 236 g/mol. The van der Waals surface area contributed by atoms with Crippen molar-refractivity contribution in [3.05, 3.63) is 22.8 Å². The summed E-state index contributed by atoms with van der Waals surface area (Å²) in [4.78, 5) is 0. The first-order valence-electron chi connectivity index (χ1n) is 5.95. The van der Waals surface area contributed by atoms with Crippen LogP contribution in [-0.2, 0) is 0 Å². The van der Waals surface area contributed by atoms with Crippen LogP contribution in [0.3, 0.4) is 0 Å². The van der Waals surface area contributed by atoms with Gasteiger partial charge in [0, 0.05) is 17.8 Å². The molecule has 1 aromatic rings. The number of anilines is 1. The van der Waals surface area contributed by atoms with Crippen LogP contribution in [0.5, 0.6) is 5.75 Å². The zero-order valence-corrected chi connectivity index (χ0v) is 11.8. The lowest BCUT2D eigenvalue weighted by atomic mass is 9.98. The van der Waals surface area contributed by atoms with Gasteiger partial charge >= 0.3 is 0 Å². The van der Waals surface area contributed by atoms with Crippen molar-refractivity contribution in [3.63, 3.8) is 0 Å². The standard InChI is InChI=1S/C14H24N2O/c1-9-7-12(17-6)10(2)11(3)13(9)16-14(4,5)8-15/h7,16H,8,15H2,1-6H3. The summed E-state index contributed by atoms with van der Waals surface area (Å²) in [5.41, 5.74) is 10.4. The molecule has 0 saturated heterocycles. The fourth-order valence-electron chi connectivity index (χ4n) is 1.84. The van der Waals surface area contributed by atoms with E-state index in [4.69, 9.17) is 10.5 Å². The Morgan fingerprint density at radius 3 is 2.29 bits per heavy atom. The largest absolute Gasteiger partial charge is 0.496 e. The summed E-state index contributed by atoms with van der Waals surface area (Å²) in [7, 11) is 1.71. The van der Waals surface area contributed by atoms with Gasteiger partial charge in [0.15, 0.2) is 0 Å². The molecule has 0 bridgehead atoms. The van der Waals surface area contributed by atoms with Gasteiger partial charge in [-0.2, -0.15) is 0 Å². The van der Waals surface area contributed by atoms with Crippen LogP contribution in [0, 0.1) is 20.8 Å². The molecule has 0 spiro atoms. The Morgan fingerprint density at radius 1 is 1.24 bits per heavy atom. The van der Waals surface area contributed by atoms with Crippen LogP contribution in [0.1, 0.15) is 30.5 Å². The van der Waals surface area contributed by atoms with E-state index in [9.17, 15) is 0 Å². The van der Waals surface area contributed by atoms with Gasteiger partial charge in [-0.05, 0) is 57.4 Å². The van der Waals surface area contributed by atoms with Crippen LogP contribution < -0.4 is 15.8 Å². The normalized spacial score (nSPS) is 11.5. The molecule has 1 rings (SSSR count). The average Bonchev–Trinajstić information content (AvgIpc) is 2.29. The van der Waals surface area contributed by atoms with Crippen molar-refractivity contribution in [2.45, 2.75) is 40.2 Å². The summed E-state index contributed by atoms with van der Waals surface area (Å²) < 4.78 is 5.37. The maximum atomic E-state index is 5.76. The van der Waals surface area contributed by atoms with E-state index in [-0.39, 0.29) is 5.54 Å². The van der Waals surface area contributed by atoms with Crippen molar-refractivity contribution >= 4 is 5.69 Å². The van der Waals surface area contributed by atoms with Crippen LogP contribution in [0.25, 0.3) is 0 Å². The molecule has 3 nitrogen and oxygen atoms in total. The molecule has 3 heteroatoms. The second-order valence-corrected chi connectivity index (χ2v) is 5.23. The molecular formula is C14H24N2O. The lowest BCUT2D eigenvalue weighted by Crippen LogP contribution is -2.39. The van der Waals surface area contributed by atoms with Crippen molar-refractivity contribution in [2.75, 3.05) is 19.0 Å². The predicted octanol–water partition coefficient (Wildman–Crippen LogP) is 2.77. The van der Waals surface area contributed by atoms with E-state index in [0.717, 1.165) is 5.75 Å². The summed E-state index contributed by atoms with van der Waals surface area (Å²) in [5.74, 6) is 0.941. The highest BCUT2D eigenvalue weighted by molar-refractivity contribution is 5.64. The van der Waals surface area contributed by atoms with Gasteiger partial charge < -0.3 is 15.8 Å². The van der Waals surface area contributed by atoms with Gasteiger partial charge in [0.1, 0.15) is 5.75 Å². The maximum Gasteiger partial charge on any atom is 0.122 e. The molecule has 0 fully saturated rings. The van der Waals surface area contributed by atoms with Gasteiger partial charge in [0.2, 0.25) is 0 Å². The molecule has 0 heterocycles. The molecule has 96 valence electrons. The Hall–Kier alpha value is -1.22. The number of aryl methyl sites for hydroxylation is 1. The number of methoxy groups -OCH3 is 1. The van der Waals surface area contributed by atoms with Crippen molar-refractivity contribution < 1.29 is 4.74 Å². The van der Waals surface area contributed by atoms with Crippen LogP contribution in [0.2, 0.25) is 0 Å². The molecule has 3 N–H and O–H groups in total. The number of hydrogen-bond acceptors (Lipinski definition) is 3. The van der Waals surface area contributed by atoms with Crippen LogP contribution in [0.15, 0.2) is 6.07 Å². The Morgan fingerprint density at radius 2 is 1.82 bits per heavy atom. The van der Waals surface area contributed by atoms with Gasteiger partial charge in [-0.25, -0.2) is 0 Å². The third-order valence-corrected chi connectivity index (χ3v) is 3.24. The summed E-state index contributed by atoms with van der Waals surface area (Å²) in [6.07, 6.45) is 0. The number of hydrogen-bond donors (Lipinski definition) is 2.